The van der Waals surface area contributed by atoms with Crippen LogP contribution in [-0.2, 0) is 11.3 Å². The summed E-state index contributed by atoms with van der Waals surface area (Å²) in [6.07, 6.45) is 2.38. The Bertz CT molecular complexity index is 440. The van der Waals surface area contributed by atoms with E-state index in [1.54, 1.807) is 11.3 Å². The summed E-state index contributed by atoms with van der Waals surface area (Å²) in [6, 6.07) is 2.09. The fourth-order valence-corrected chi connectivity index (χ4v) is 3.31. The van der Waals surface area contributed by atoms with E-state index in [0.29, 0.717) is 6.54 Å². The van der Waals surface area contributed by atoms with Crippen molar-refractivity contribution in [2.75, 3.05) is 33.4 Å². The zero-order chi connectivity index (χ0) is 13.5. The van der Waals surface area contributed by atoms with Crippen molar-refractivity contribution >= 4 is 11.3 Å². The highest BCUT2D eigenvalue weighted by molar-refractivity contribution is 7.10. The number of rotatable bonds is 4. The van der Waals surface area contributed by atoms with Crippen molar-refractivity contribution < 1.29 is 4.74 Å². The molecule has 1 aromatic rings. The molecule has 19 heavy (non-hydrogen) atoms. The normalized spacial score (nSPS) is 16.4. The Kier molecular flexibility index (Phi) is 5.87. The molecule has 0 spiro atoms. The molecule has 2 N–H and O–H groups in total. The Morgan fingerprint density at radius 1 is 1.47 bits per heavy atom. The number of nitrogens with two attached hydrogens (primary N) is 1. The van der Waals surface area contributed by atoms with E-state index in [9.17, 15) is 0 Å². The van der Waals surface area contributed by atoms with Crippen LogP contribution in [0.25, 0.3) is 0 Å². The predicted molar refractivity (Wildman–Crippen MR) is 80.1 cm³/mol. The molecule has 2 heterocycles. The van der Waals surface area contributed by atoms with Gasteiger partial charge in [-0.3, -0.25) is 0 Å². The van der Waals surface area contributed by atoms with Crippen molar-refractivity contribution in [1.29, 1.82) is 0 Å². The van der Waals surface area contributed by atoms with Crippen LogP contribution in [0.3, 0.4) is 0 Å². The fraction of sp³-hybridized carbons (Fsp3) is 0.600. The lowest BCUT2D eigenvalue weighted by Gasteiger charge is -2.26. The fourth-order valence-electron chi connectivity index (χ4n) is 2.40. The summed E-state index contributed by atoms with van der Waals surface area (Å²) in [4.78, 5) is 3.74. The molecule has 0 unspecified atom stereocenters. The molecule has 3 nitrogen and oxygen atoms in total. The first-order chi connectivity index (χ1) is 9.29. The lowest BCUT2D eigenvalue weighted by Crippen LogP contribution is -2.29. The van der Waals surface area contributed by atoms with Crippen LogP contribution in [0.2, 0.25) is 0 Å². The number of hydrogen-bond acceptors (Lipinski definition) is 4. The summed E-state index contributed by atoms with van der Waals surface area (Å²) < 4.78 is 5.40. The molecule has 0 amide bonds. The minimum atomic E-state index is 0.424. The minimum Gasteiger partial charge on any atom is -0.381 e. The van der Waals surface area contributed by atoms with E-state index >= 15 is 0 Å². The second-order valence-electron chi connectivity index (χ2n) is 5.02. The van der Waals surface area contributed by atoms with Crippen LogP contribution in [-0.4, -0.2) is 38.3 Å². The monoisotopic (exact) mass is 278 g/mol. The van der Waals surface area contributed by atoms with Gasteiger partial charge in [0.25, 0.3) is 0 Å². The lowest BCUT2D eigenvalue weighted by atomic mass is 10.00. The van der Waals surface area contributed by atoms with Gasteiger partial charge in [-0.15, -0.1) is 11.3 Å². The van der Waals surface area contributed by atoms with Gasteiger partial charge in [0.2, 0.25) is 0 Å². The van der Waals surface area contributed by atoms with E-state index in [1.807, 2.05) is 0 Å². The lowest BCUT2D eigenvalue weighted by molar-refractivity contribution is 0.0550. The maximum Gasteiger partial charge on any atom is 0.0555 e. The molecule has 0 saturated carbocycles. The SMILES string of the molecule is CN(Cc1sccc1C#CCN)CC1CCOCC1. The van der Waals surface area contributed by atoms with E-state index < -0.39 is 0 Å². The maximum absolute atomic E-state index is 5.43. The average molecular weight is 278 g/mol. The highest BCUT2D eigenvalue weighted by Gasteiger charge is 2.16. The highest BCUT2D eigenvalue weighted by Crippen LogP contribution is 2.20. The summed E-state index contributed by atoms with van der Waals surface area (Å²) >= 11 is 1.78. The largest absolute Gasteiger partial charge is 0.381 e. The quantitative estimate of drug-likeness (QED) is 0.855. The molecule has 0 aliphatic carbocycles. The first kappa shape index (κ1) is 14.5. The van der Waals surface area contributed by atoms with E-state index in [0.717, 1.165) is 37.8 Å². The maximum atomic E-state index is 5.43. The Balaban J connectivity index is 1.87. The second kappa shape index (κ2) is 7.66. The van der Waals surface area contributed by atoms with Crippen molar-refractivity contribution in [2.45, 2.75) is 19.4 Å². The molecule has 1 saturated heterocycles. The van der Waals surface area contributed by atoms with E-state index in [-0.39, 0.29) is 0 Å². The van der Waals surface area contributed by atoms with Crippen LogP contribution in [0, 0.1) is 17.8 Å². The zero-order valence-corrected chi connectivity index (χ0v) is 12.3. The van der Waals surface area contributed by atoms with E-state index in [2.05, 4.69) is 35.2 Å². The summed E-state index contributed by atoms with van der Waals surface area (Å²) in [5.74, 6) is 6.86. The first-order valence-corrected chi connectivity index (χ1v) is 7.69. The van der Waals surface area contributed by atoms with Gasteiger partial charge < -0.3 is 15.4 Å². The standard InChI is InChI=1S/C15H22N2OS/c1-17(11-13-4-8-18-9-5-13)12-15-14(3-2-7-16)6-10-19-15/h6,10,13H,4-5,7-9,11-12,16H2,1H3. The summed E-state index contributed by atoms with van der Waals surface area (Å²) in [5, 5.41) is 2.11. The Hall–Kier alpha value is -0.860. The van der Waals surface area contributed by atoms with Crippen molar-refractivity contribution in [3.63, 3.8) is 0 Å². The van der Waals surface area contributed by atoms with Crippen molar-refractivity contribution in [1.82, 2.24) is 4.90 Å². The van der Waals surface area contributed by atoms with Crippen LogP contribution < -0.4 is 5.73 Å². The van der Waals surface area contributed by atoms with Gasteiger partial charge in [-0.1, -0.05) is 11.8 Å². The molecule has 0 aromatic carbocycles. The average Bonchev–Trinajstić information content (AvgIpc) is 2.84. The molecule has 1 fully saturated rings. The molecule has 0 radical (unpaired) electrons. The van der Waals surface area contributed by atoms with Crippen LogP contribution in [0.15, 0.2) is 11.4 Å². The summed E-state index contributed by atoms with van der Waals surface area (Å²) in [6.45, 7) is 4.39. The van der Waals surface area contributed by atoms with Crippen molar-refractivity contribution in [3.8, 4) is 11.8 Å². The third-order valence-electron chi connectivity index (χ3n) is 3.39. The van der Waals surface area contributed by atoms with Gasteiger partial charge in [0, 0.05) is 36.7 Å². The van der Waals surface area contributed by atoms with E-state index in [4.69, 9.17) is 10.5 Å². The van der Waals surface area contributed by atoms with Crippen LogP contribution >= 0.6 is 11.3 Å². The molecule has 1 aliphatic rings. The van der Waals surface area contributed by atoms with Crippen molar-refractivity contribution in [2.24, 2.45) is 11.7 Å². The van der Waals surface area contributed by atoms with Crippen molar-refractivity contribution in [3.05, 3.63) is 21.9 Å². The van der Waals surface area contributed by atoms with E-state index in [1.165, 1.54) is 17.7 Å². The molecular formula is C15H22N2OS. The van der Waals surface area contributed by atoms with Crippen LogP contribution in [0.4, 0.5) is 0 Å². The van der Waals surface area contributed by atoms with Gasteiger partial charge in [-0.05, 0) is 37.3 Å². The molecule has 104 valence electrons. The van der Waals surface area contributed by atoms with Crippen LogP contribution in [0.5, 0.6) is 0 Å². The molecule has 0 atom stereocenters. The number of nitrogens with zero attached hydrogens (tertiary/aromatic N) is 1. The van der Waals surface area contributed by atoms with Gasteiger partial charge >= 0.3 is 0 Å². The van der Waals surface area contributed by atoms with Crippen LogP contribution in [0.1, 0.15) is 23.3 Å². The smallest absolute Gasteiger partial charge is 0.0555 e. The van der Waals surface area contributed by atoms with Gasteiger partial charge in [-0.2, -0.15) is 0 Å². The molecule has 2 rings (SSSR count). The molecule has 0 bridgehead atoms. The third kappa shape index (κ3) is 4.63. The first-order valence-electron chi connectivity index (χ1n) is 6.81. The zero-order valence-electron chi connectivity index (χ0n) is 11.5. The highest BCUT2D eigenvalue weighted by atomic mass is 32.1. The Morgan fingerprint density at radius 2 is 2.26 bits per heavy atom. The topological polar surface area (TPSA) is 38.5 Å². The van der Waals surface area contributed by atoms with Gasteiger partial charge in [-0.25, -0.2) is 0 Å². The molecule has 1 aliphatic heterocycles. The van der Waals surface area contributed by atoms with Gasteiger partial charge in [0.05, 0.1) is 6.54 Å². The number of thiophene rings is 1. The molecule has 1 aromatic heterocycles. The molecule has 4 heteroatoms. The summed E-state index contributed by atoms with van der Waals surface area (Å²) in [7, 11) is 2.19. The summed E-state index contributed by atoms with van der Waals surface area (Å²) in [5.41, 5.74) is 6.56. The van der Waals surface area contributed by atoms with Gasteiger partial charge in [0.1, 0.15) is 0 Å². The Labute approximate surface area is 119 Å². The number of hydrogen-bond donors (Lipinski definition) is 1. The molecular weight excluding hydrogens is 256 g/mol. The predicted octanol–water partition coefficient (Wildman–Crippen LogP) is 1.92. The van der Waals surface area contributed by atoms with Gasteiger partial charge in [0.15, 0.2) is 0 Å². The second-order valence-corrected chi connectivity index (χ2v) is 6.02. The number of ether oxygens (including phenoxy) is 1. The Morgan fingerprint density at radius 3 is 3.00 bits per heavy atom. The minimum absolute atomic E-state index is 0.424. The third-order valence-corrected chi connectivity index (χ3v) is 4.30.